The summed E-state index contributed by atoms with van der Waals surface area (Å²) in [5.41, 5.74) is -0.810. The molecule has 0 spiro atoms. The van der Waals surface area contributed by atoms with E-state index in [0.717, 1.165) is 12.1 Å². The second-order valence-corrected chi connectivity index (χ2v) is 8.16. The number of fused-ring (bicyclic) bond motifs is 1. The van der Waals surface area contributed by atoms with Crippen LogP contribution in [0.5, 0.6) is 0 Å². The molecule has 1 aliphatic heterocycles. The van der Waals surface area contributed by atoms with Crippen molar-refractivity contribution in [2.24, 2.45) is 5.92 Å². The molecule has 146 valence electrons. The second kappa shape index (κ2) is 7.10. The van der Waals surface area contributed by atoms with E-state index in [2.05, 4.69) is 0 Å². The smallest absolute Gasteiger partial charge is 0.416 e. The SMILES string of the molecule is CC(C)C[C@@H]1[C@@H](O)c2ccc(C(F)(F)F)cc2CN1C(=O)OC(C)(C)C. The molecule has 0 aromatic heterocycles. The third kappa shape index (κ3) is 4.69. The normalized spacial score (nSPS) is 20.9. The minimum absolute atomic E-state index is 0.0252. The number of carbonyl (C=O) groups is 1. The number of halogens is 3. The van der Waals surface area contributed by atoms with Gasteiger partial charge >= 0.3 is 12.3 Å². The topological polar surface area (TPSA) is 49.8 Å². The number of aliphatic hydroxyl groups excluding tert-OH is 1. The van der Waals surface area contributed by atoms with Crippen LogP contribution in [-0.4, -0.2) is 27.7 Å². The van der Waals surface area contributed by atoms with Gasteiger partial charge < -0.3 is 9.84 Å². The molecule has 0 saturated carbocycles. The molecule has 1 N–H and O–H groups in total. The number of alkyl halides is 3. The molecule has 1 aliphatic rings. The predicted octanol–water partition coefficient (Wildman–Crippen LogP) is 4.90. The fourth-order valence-corrected chi connectivity index (χ4v) is 3.15. The maximum atomic E-state index is 13.0. The third-order valence-corrected chi connectivity index (χ3v) is 4.24. The summed E-state index contributed by atoms with van der Waals surface area (Å²) in [6.45, 7) is 9.06. The molecule has 1 heterocycles. The van der Waals surface area contributed by atoms with Crippen LogP contribution in [0, 0.1) is 5.92 Å². The van der Waals surface area contributed by atoms with Crippen LogP contribution in [0.4, 0.5) is 18.0 Å². The molecule has 0 unspecified atom stereocenters. The van der Waals surface area contributed by atoms with Gasteiger partial charge in [-0.3, -0.25) is 4.90 Å². The van der Waals surface area contributed by atoms with Crippen LogP contribution in [-0.2, 0) is 17.5 Å². The number of aliphatic hydroxyl groups is 1. The first-order chi connectivity index (χ1) is 11.8. The van der Waals surface area contributed by atoms with E-state index in [1.165, 1.54) is 11.0 Å². The lowest BCUT2D eigenvalue weighted by Gasteiger charge is -2.41. The van der Waals surface area contributed by atoms with Gasteiger partial charge in [0.25, 0.3) is 0 Å². The molecular formula is C19H26F3NO3. The number of hydrogen-bond donors (Lipinski definition) is 1. The molecule has 0 fully saturated rings. The molecule has 7 heteroatoms. The molecule has 2 rings (SSSR count). The van der Waals surface area contributed by atoms with Crippen LogP contribution in [0.25, 0.3) is 0 Å². The van der Waals surface area contributed by atoms with Crippen molar-refractivity contribution < 1.29 is 27.8 Å². The van der Waals surface area contributed by atoms with Gasteiger partial charge in [-0.2, -0.15) is 13.2 Å². The summed E-state index contributed by atoms with van der Waals surface area (Å²) in [5, 5.41) is 10.8. The summed E-state index contributed by atoms with van der Waals surface area (Å²) in [6, 6.07) is 2.73. The van der Waals surface area contributed by atoms with Gasteiger partial charge in [0, 0.05) is 6.54 Å². The van der Waals surface area contributed by atoms with Gasteiger partial charge in [0.15, 0.2) is 0 Å². The van der Waals surface area contributed by atoms with Crippen LogP contribution in [0.1, 0.15) is 63.8 Å². The molecule has 4 nitrogen and oxygen atoms in total. The summed E-state index contributed by atoms with van der Waals surface area (Å²) < 4.78 is 44.4. The number of carbonyl (C=O) groups excluding carboxylic acids is 1. The number of benzene rings is 1. The van der Waals surface area contributed by atoms with Crippen LogP contribution >= 0.6 is 0 Å². The standard InChI is InChI=1S/C19H26F3NO3/c1-11(2)8-15-16(24)14-7-6-13(19(20,21)22)9-12(14)10-23(15)17(25)26-18(3,4)5/h6-7,9,11,15-16,24H,8,10H2,1-5H3/t15-,16+/m1/s1. The highest BCUT2D eigenvalue weighted by Crippen LogP contribution is 2.38. The Morgan fingerprint density at radius 2 is 1.92 bits per heavy atom. The van der Waals surface area contributed by atoms with Gasteiger partial charge in [0.05, 0.1) is 17.7 Å². The van der Waals surface area contributed by atoms with Crippen molar-refractivity contribution in [1.82, 2.24) is 4.90 Å². The lowest BCUT2D eigenvalue weighted by Crippen LogP contribution is -2.49. The van der Waals surface area contributed by atoms with E-state index in [9.17, 15) is 23.1 Å². The number of hydrogen-bond acceptors (Lipinski definition) is 3. The quantitative estimate of drug-likeness (QED) is 0.802. The number of rotatable bonds is 2. The van der Waals surface area contributed by atoms with Gasteiger partial charge in [-0.15, -0.1) is 0 Å². The molecule has 1 amide bonds. The molecule has 2 atom stereocenters. The molecule has 0 bridgehead atoms. The maximum absolute atomic E-state index is 13.0. The first-order valence-corrected chi connectivity index (χ1v) is 8.67. The van der Waals surface area contributed by atoms with E-state index in [1.807, 2.05) is 13.8 Å². The van der Waals surface area contributed by atoms with Crippen molar-refractivity contribution in [3.05, 3.63) is 34.9 Å². The zero-order valence-electron chi connectivity index (χ0n) is 15.7. The highest BCUT2D eigenvalue weighted by Gasteiger charge is 2.40. The van der Waals surface area contributed by atoms with Gasteiger partial charge in [0.2, 0.25) is 0 Å². The van der Waals surface area contributed by atoms with Crippen molar-refractivity contribution in [3.8, 4) is 0 Å². The van der Waals surface area contributed by atoms with Gasteiger partial charge in [0.1, 0.15) is 5.60 Å². The Bertz CT molecular complexity index is 665. The second-order valence-electron chi connectivity index (χ2n) is 8.16. The fourth-order valence-electron chi connectivity index (χ4n) is 3.15. The van der Waals surface area contributed by atoms with Crippen molar-refractivity contribution in [2.45, 2.75) is 71.5 Å². The molecular weight excluding hydrogens is 347 g/mol. The summed E-state index contributed by atoms with van der Waals surface area (Å²) >= 11 is 0. The summed E-state index contributed by atoms with van der Waals surface area (Å²) in [4.78, 5) is 14.0. The highest BCUT2D eigenvalue weighted by molar-refractivity contribution is 5.69. The zero-order chi connectivity index (χ0) is 19.9. The number of ether oxygens (including phenoxy) is 1. The van der Waals surface area contributed by atoms with Crippen molar-refractivity contribution >= 4 is 6.09 Å². The van der Waals surface area contributed by atoms with Crippen LogP contribution in [0.2, 0.25) is 0 Å². The monoisotopic (exact) mass is 373 g/mol. The minimum atomic E-state index is -4.48. The average Bonchev–Trinajstić information content (AvgIpc) is 2.46. The van der Waals surface area contributed by atoms with E-state index in [-0.39, 0.29) is 18.0 Å². The molecule has 1 aromatic rings. The largest absolute Gasteiger partial charge is 0.444 e. The predicted molar refractivity (Wildman–Crippen MR) is 91.4 cm³/mol. The summed E-state index contributed by atoms with van der Waals surface area (Å²) in [5.74, 6) is 0.190. The highest BCUT2D eigenvalue weighted by atomic mass is 19.4. The minimum Gasteiger partial charge on any atom is -0.444 e. The number of amides is 1. The lowest BCUT2D eigenvalue weighted by molar-refractivity contribution is -0.137. The first kappa shape index (κ1) is 20.6. The van der Waals surface area contributed by atoms with Gasteiger partial charge in [-0.1, -0.05) is 19.9 Å². The fraction of sp³-hybridized carbons (Fsp3) is 0.632. The Kier molecular flexibility index (Phi) is 5.61. The van der Waals surface area contributed by atoms with E-state index in [1.54, 1.807) is 20.8 Å². The maximum Gasteiger partial charge on any atom is 0.416 e. The molecule has 1 aromatic carbocycles. The van der Waals surface area contributed by atoms with Gasteiger partial charge in [-0.25, -0.2) is 4.79 Å². The third-order valence-electron chi connectivity index (χ3n) is 4.24. The van der Waals surface area contributed by atoms with E-state index in [4.69, 9.17) is 4.74 Å². The lowest BCUT2D eigenvalue weighted by atomic mass is 9.86. The van der Waals surface area contributed by atoms with Crippen LogP contribution < -0.4 is 0 Å². The zero-order valence-corrected chi connectivity index (χ0v) is 15.7. The van der Waals surface area contributed by atoms with Crippen molar-refractivity contribution in [3.63, 3.8) is 0 Å². The summed E-state index contributed by atoms with van der Waals surface area (Å²) in [6.07, 6.45) is -5.66. The summed E-state index contributed by atoms with van der Waals surface area (Å²) in [7, 11) is 0. The Morgan fingerprint density at radius 3 is 2.42 bits per heavy atom. The molecule has 0 saturated heterocycles. The molecule has 0 aliphatic carbocycles. The van der Waals surface area contributed by atoms with E-state index < -0.39 is 35.6 Å². The number of nitrogens with zero attached hydrogens (tertiary/aromatic N) is 1. The van der Waals surface area contributed by atoms with Crippen molar-refractivity contribution in [1.29, 1.82) is 0 Å². The average molecular weight is 373 g/mol. The Morgan fingerprint density at radius 1 is 1.31 bits per heavy atom. The Labute approximate surface area is 151 Å². The molecule has 26 heavy (non-hydrogen) atoms. The van der Waals surface area contributed by atoms with Crippen LogP contribution in [0.3, 0.4) is 0 Å². The van der Waals surface area contributed by atoms with Crippen molar-refractivity contribution in [2.75, 3.05) is 0 Å². The Balaban J connectivity index is 2.42. The van der Waals surface area contributed by atoms with E-state index >= 15 is 0 Å². The van der Waals surface area contributed by atoms with Gasteiger partial charge in [-0.05, 0) is 56.4 Å². The van der Waals surface area contributed by atoms with Crippen LogP contribution in [0.15, 0.2) is 18.2 Å². The Hall–Kier alpha value is -1.76. The first-order valence-electron chi connectivity index (χ1n) is 8.67. The molecule has 0 radical (unpaired) electrons. The van der Waals surface area contributed by atoms with E-state index in [0.29, 0.717) is 12.0 Å².